The van der Waals surface area contributed by atoms with Gasteiger partial charge in [0.1, 0.15) is 0 Å². The molecule has 0 aromatic heterocycles. The van der Waals surface area contributed by atoms with Gasteiger partial charge in [-0.1, -0.05) is 0 Å². The molecule has 1 aliphatic carbocycles. The van der Waals surface area contributed by atoms with E-state index in [2.05, 4.69) is 5.32 Å². The van der Waals surface area contributed by atoms with E-state index in [9.17, 15) is 14.7 Å². The van der Waals surface area contributed by atoms with Crippen molar-refractivity contribution in [3.8, 4) is 0 Å². The lowest BCUT2D eigenvalue weighted by Crippen LogP contribution is -2.48. The van der Waals surface area contributed by atoms with Gasteiger partial charge in [0, 0.05) is 19.0 Å². The van der Waals surface area contributed by atoms with Gasteiger partial charge in [0.2, 0.25) is 5.91 Å². The molecule has 1 aliphatic rings. The average molecular weight is 272 g/mol. The number of hydrogen-bond donors (Lipinski definition) is 3. The Kier molecular flexibility index (Phi) is 5.31. The van der Waals surface area contributed by atoms with Gasteiger partial charge in [-0.2, -0.15) is 0 Å². The van der Waals surface area contributed by atoms with Gasteiger partial charge in [-0.05, 0) is 40.3 Å². The Morgan fingerprint density at radius 2 is 1.89 bits per heavy atom. The minimum atomic E-state index is -0.982. The van der Waals surface area contributed by atoms with E-state index >= 15 is 0 Å². The predicted molar refractivity (Wildman–Crippen MR) is 70.7 cm³/mol. The largest absolute Gasteiger partial charge is 0.481 e. The molecule has 1 fully saturated rings. The average Bonchev–Trinajstić information content (AvgIpc) is 2.73. The summed E-state index contributed by atoms with van der Waals surface area (Å²) in [6.07, 6.45) is 1.57. The van der Waals surface area contributed by atoms with E-state index in [1.807, 2.05) is 19.0 Å². The van der Waals surface area contributed by atoms with E-state index in [0.29, 0.717) is 25.8 Å². The second-order valence-corrected chi connectivity index (χ2v) is 6.00. The van der Waals surface area contributed by atoms with Gasteiger partial charge in [-0.3, -0.25) is 9.59 Å². The fourth-order valence-electron chi connectivity index (χ4n) is 2.60. The zero-order valence-corrected chi connectivity index (χ0v) is 11.8. The van der Waals surface area contributed by atoms with Crippen molar-refractivity contribution in [3.05, 3.63) is 0 Å². The Morgan fingerprint density at radius 1 is 1.32 bits per heavy atom. The second-order valence-electron chi connectivity index (χ2n) is 6.00. The maximum Gasteiger partial charge on any atom is 0.306 e. The molecule has 0 aliphatic heterocycles. The fraction of sp³-hybridized carbons (Fsp3) is 0.846. The minimum absolute atomic E-state index is 0.150. The first-order valence-electron chi connectivity index (χ1n) is 6.59. The molecule has 0 spiro atoms. The molecule has 6 nitrogen and oxygen atoms in total. The minimum Gasteiger partial charge on any atom is -0.481 e. The van der Waals surface area contributed by atoms with Crippen molar-refractivity contribution in [3.63, 3.8) is 0 Å². The van der Waals surface area contributed by atoms with Gasteiger partial charge >= 0.3 is 5.97 Å². The van der Waals surface area contributed by atoms with E-state index in [4.69, 9.17) is 5.11 Å². The predicted octanol–water partition coefficient (Wildman–Crippen LogP) is -0.0839. The third-order valence-corrected chi connectivity index (χ3v) is 3.45. The van der Waals surface area contributed by atoms with E-state index in [1.54, 1.807) is 6.92 Å². The number of nitrogens with zero attached hydrogens (tertiary/aromatic N) is 1. The van der Waals surface area contributed by atoms with Crippen LogP contribution in [0, 0.1) is 11.8 Å². The summed E-state index contributed by atoms with van der Waals surface area (Å²) >= 11 is 0. The number of likely N-dealkylation sites (N-methyl/N-ethyl adjacent to an activating group) is 1. The normalized spacial score (nSPS) is 26.2. The van der Waals surface area contributed by atoms with E-state index in [0.717, 1.165) is 0 Å². The molecule has 6 heteroatoms. The molecule has 1 rings (SSSR count). The number of rotatable bonds is 6. The van der Waals surface area contributed by atoms with E-state index in [1.165, 1.54) is 0 Å². The van der Waals surface area contributed by atoms with E-state index in [-0.39, 0.29) is 18.4 Å². The van der Waals surface area contributed by atoms with Crippen LogP contribution in [0.15, 0.2) is 0 Å². The van der Waals surface area contributed by atoms with Crippen LogP contribution in [0.25, 0.3) is 0 Å². The van der Waals surface area contributed by atoms with Crippen LogP contribution in [0.2, 0.25) is 0 Å². The van der Waals surface area contributed by atoms with Crippen molar-refractivity contribution in [2.75, 3.05) is 27.2 Å². The van der Waals surface area contributed by atoms with Crippen molar-refractivity contribution in [2.45, 2.75) is 31.8 Å². The Hall–Kier alpha value is -1.14. The van der Waals surface area contributed by atoms with Crippen LogP contribution < -0.4 is 5.32 Å². The summed E-state index contributed by atoms with van der Waals surface area (Å²) in [5.41, 5.74) is -0.982. The standard InChI is InChI=1S/C13H24N2O4/c1-13(19,8-15(2)3)7-14-11(16)9-4-5-10(6-9)12(17)18/h9-10,19H,4-8H2,1-3H3,(H,14,16)(H,17,18). The summed E-state index contributed by atoms with van der Waals surface area (Å²) in [4.78, 5) is 24.6. The number of aliphatic carboxylic acids is 1. The summed E-state index contributed by atoms with van der Waals surface area (Å²) in [6, 6.07) is 0. The molecule has 3 unspecified atom stereocenters. The van der Waals surface area contributed by atoms with Gasteiger partial charge in [0.25, 0.3) is 0 Å². The molecule has 0 aromatic rings. The van der Waals surface area contributed by atoms with Crippen molar-refractivity contribution in [1.82, 2.24) is 10.2 Å². The van der Waals surface area contributed by atoms with E-state index < -0.39 is 17.5 Å². The topological polar surface area (TPSA) is 89.9 Å². The van der Waals surface area contributed by atoms with Crippen LogP contribution in [0.1, 0.15) is 26.2 Å². The highest BCUT2D eigenvalue weighted by atomic mass is 16.4. The lowest BCUT2D eigenvalue weighted by Gasteiger charge is -2.27. The molecular weight excluding hydrogens is 248 g/mol. The van der Waals surface area contributed by atoms with Crippen LogP contribution in [-0.2, 0) is 9.59 Å². The van der Waals surface area contributed by atoms with Crippen LogP contribution in [0.5, 0.6) is 0 Å². The lowest BCUT2D eigenvalue weighted by atomic mass is 10.0. The third-order valence-electron chi connectivity index (χ3n) is 3.45. The Morgan fingerprint density at radius 3 is 2.37 bits per heavy atom. The number of carbonyl (C=O) groups is 2. The van der Waals surface area contributed by atoms with Gasteiger partial charge in [-0.15, -0.1) is 0 Å². The number of carbonyl (C=O) groups excluding carboxylic acids is 1. The monoisotopic (exact) mass is 272 g/mol. The quantitative estimate of drug-likeness (QED) is 0.629. The Balaban J connectivity index is 2.38. The molecule has 0 bridgehead atoms. The number of carboxylic acids is 1. The molecule has 0 heterocycles. The molecule has 110 valence electrons. The van der Waals surface area contributed by atoms with Gasteiger partial charge in [-0.25, -0.2) is 0 Å². The highest BCUT2D eigenvalue weighted by molar-refractivity contribution is 5.80. The molecule has 0 saturated heterocycles. The van der Waals surface area contributed by atoms with Crippen molar-refractivity contribution < 1.29 is 19.8 Å². The Bertz CT molecular complexity index is 342. The maximum absolute atomic E-state index is 11.9. The fourth-order valence-corrected chi connectivity index (χ4v) is 2.60. The molecule has 3 atom stereocenters. The number of aliphatic hydroxyl groups is 1. The summed E-state index contributed by atoms with van der Waals surface area (Å²) in [7, 11) is 3.70. The zero-order chi connectivity index (χ0) is 14.6. The van der Waals surface area contributed by atoms with Gasteiger partial charge in [0.05, 0.1) is 11.5 Å². The first-order valence-corrected chi connectivity index (χ1v) is 6.59. The number of hydrogen-bond acceptors (Lipinski definition) is 4. The molecule has 19 heavy (non-hydrogen) atoms. The molecule has 1 saturated carbocycles. The summed E-state index contributed by atoms with van der Waals surface area (Å²) < 4.78 is 0. The third kappa shape index (κ3) is 5.16. The maximum atomic E-state index is 11.9. The molecule has 3 N–H and O–H groups in total. The van der Waals surface area contributed by atoms with Crippen LogP contribution in [0.3, 0.4) is 0 Å². The summed E-state index contributed by atoms with van der Waals surface area (Å²) in [5.74, 6) is -1.62. The molecule has 0 radical (unpaired) electrons. The lowest BCUT2D eigenvalue weighted by molar-refractivity contribution is -0.141. The smallest absolute Gasteiger partial charge is 0.306 e. The second kappa shape index (κ2) is 6.34. The highest BCUT2D eigenvalue weighted by Gasteiger charge is 2.34. The first-order chi connectivity index (χ1) is 8.71. The van der Waals surface area contributed by atoms with Crippen molar-refractivity contribution in [1.29, 1.82) is 0 Å². The zero-order valence-electron chi connectivity index (χ0n) is 11.8. The summed E-state index contributed by atoms with van der Waals surface area (Å²) in [5, 5.41) is 21.7. The number of amides is 1. The van der Waals surface area contributed by atoms with Crippen molar-refractivity contribution in [2.24, 2.45) is 11.8 Å². The van der Waals surface area contributed by atoms with Crippen LogP contribution in [-0.4, -0.2) is 59.8 Å². The molecular formula is C13H24N2O4. The first kappa shape index (κ1) is 15.9. The number of nitrogens with one attached hydrogen (secondary N) is 1. The number of carboxylic acid groups (broad SMARTS) is 1. The molecule has 0 aromatic carbocycles. The van der Waals surface area contributed by atoms with Gasteiger partial charge < -0.3 is 20.4 Å². The van der Waals surface area contributed by atoms with Gasteiger partial charge in [0.15, 0.2) is 0 Å². The molecule has 1 amide bonds. The van der Waals surface area contributed by atoms with Crippen LogP contribution >= 0.6 is 0 Å². The van der Waals surface area contributed by atoms with Crippen molar-refractivity contribution >= 4 is 11.9 Å². The highest BCUT2D eigenvalue weighted by Crippen LogP contribution is 2.31. The SMILES string of the molecule is CN(C)CC(C)(O)CNC(=O)C1CCC(C(=O)O)C1. The van der Waals surface area contributed by atoms with Crippen LogP contribution in [0.4, 0.5) is 0 Å². The Labute approximate surface area is 113 Å². The summed E-state index contributed by atoms with van der Waals surface area (Å²) in [6.45, 7) is 2.30.